The van der Waals surface area contributed by atoms with E-state index < -0.39 is 4.92 Å². The predicted molar refractivity (Wildman–Crippen MR) is 52.8 cm³/mol. The fraction of sp³-hybridized carbons (Fsp3) is 0.125. The van der Waals surface area contributed by atoms with Crippen LogP contribution in [-0.2, 0) is 0 Å². The Kier molecular flexibility index (Phi) is 2.05. The van der Waals surface area contributed by atoms with Gasteiger partial charge in [-0.2, -0.15) is 0 Å². The minimum absolute atomic E-state index is 0.0730. The van der Waals surface area contributed by atoms with Gasteiger partial charge in [-0.3, -0.25) is 10.1 Å². The third-order valence-electron chi connectivity index (χ3n) is 1.74. The molecule has 2 rings (SSSR count). The van der Waals surface area contributed by atoms with Crippen molar-refractivity contribution >= 4 is 27.2 Å². The van der Waals surface area contributed by atoms with Crippen molar-refractivity contribution in [2.45, 2.75) is 0 Å². The third-order valence-corrected chi connectivity index (χ3v) is 2.72. The largest absolute Gasteiger partial charge is 0.473 e. The zero-order chi connectivity index (χ0) is 10.1. The van der Waals surface area contributed by atoms with Gasteiger partial charge in [0.2, 0.25) is 0 Å². The van der Waals surface area contributed by atoms with Crippen molar-refractivity contribution < 1.29 is 9.66 Å². The topological polar surface area (TPSA) is 65.3 Å². The molecule has 0 unspecified atom stereocenters. The molecule has 1 aromatic heterocycles. The first-order valence-electron chi connectivity index (χ1n) is 3.79. The van der Waals surface area contributed by atoms with E-state index >= 15 is 0 Å². The van der Waals surface area contributed by atoms with Crippen molar-refractivity contribution in [2.24, 2.45) is 0 Å². The van der Waals surface area contributed by atoms with Gasteiger partial charge in [0.15, 0.2) is 0 Å². The summed E-state index contributed by atoms with van der Waals surface area (Å²) in [6.07, 6.45) is 0. The van der Waals surface area contributed by atoms with Crippen molar-refractivity contribution in [1.29, 1.82) is 0 Å². The molecule has 0 spiro atoms. The van der Waals surface area contributed by atoms with Gasteiger partial charge >= 0.3 is 0 Å². The second-order valence-corrected chi connectivity index (χ2v) is 3.59. The van der Waals surface area contributed by atoms with Crippen LogP contribution in [0.3, 0.4) is 0 Å². The van der Waals surface area contributed by atoms with Gasteiger partial charge in [-0.15, -0.1) is 0 Å². The summed E-state index contributed by atoms with van der Waals surface area (Å²) in [5.41, 5.74) is 0.793. The highest BCUT2D eigenvalue weighted by Gasteiger charge is 2.09. The smallest absolute Gasteiger partial charge is 0.274 e. The average Bonchev–Trinajstić information content (AvgIpc) is 2.58. The summed E-state index contributed by atoms with van der Waals surface area (Å²) in [5.74, 6) is 0. The lowest BCUT2D eigenvalue weighted by Gasteiger charge is -1.88. The Bertz CT molecular complexity index is 494. The normalized spacial score (nSPS) is 10.4. The number of nitro benzene ring substituents is 1. The number of ether oxygens (including phenoxy) is 1. The molecule has 6 heteroatoms. The second kappa shape index (κ2) is 3.22. The maximum Gasteiger partial charge on any atom is 0.274 e. The molecule has 0 radical (unpaired) electrons. The SMILES string of the molecule is COc1nc2ccc([N+](=O)[O-])cc2s1. The molecular weight excluding hydrogens is 204 g/mol. The number of nitro groups is 1. The predicted octanol–water partition coefficient (Wildman–Crippen LogP) is 2.21. The summed E-state index contributed by atoms with van der Waals surface area (Å²) in [6.45, 7) is 0. The molecular formula is C8H6N2O3S. The number of nitrogens with zero attached hydrogens (tertiary/aromatic N) is 2. The molecule has 0 amide bonds. The summed E-state index contributed by atoms with van der Waals surface area (Å²) < 4.78 is 5.70. The lowest BCUT2D eigenvalue weighted by Crippen LogP contribution is -1.85. The Morgan fingerprint density at radius 1 is 1.57 bits per heavy atom. The molecule has 0 saturated carbocycles. The van der Waals surface area contributed by atoms with Crippen LogP contribution in [0.5, 0.6) is 5.19 Å². The van der Waals surface area contributed by atoms with E-state index in [1.54, 1.807) is 6.07 Å². The van der Waals surface area contributed by atoms with E-state index in [9.17, 15) is 10.1 Å². The van der Waals surface area contributed by atoms with Crippen molar-refractivity contribution in [1.82, 2.24) is 4.98 Å². The van der Waals surface area contributed by atoms with Crippen molar-refractivity contribution in [3.63, 3.8) is 0 Å². The zero-order valence-corrected chi connectivity index (χ0v) is 8.08. The van der Waals surface area contributed by atoms with Gasteiger partial charge in [-0.25, -0.2) is 4.98 Å². The molecule has 5 nitrogen and oxygen atoms in total. The third kappa shape index (κ3) is 1.39. The number of aromatic nitrogens is 1. The number of benzene rings is 1. The lowest BCUT2D eigenvalue weighted by atomic mass is 10.3. The van der Waals surface area contributed by atoms with Gasteiger partial charge in [0.25, 0.3) is 10.9 Å². The number of non-ortho nitro benzene ring substituents is 1. The lowest BCUT2D eigenvalue weighted by molar-refractivity contribution is -0.384. The number of fused-ring (bicyclic) bond motifs is 1. The molecule has 0 aliphatic rings. The molecule has 0 N–H and O–H groups in total. The Balaban J connectivity index is 2.59. The fourth-order valence-corrected chi connectivity index (χ4v) is 1.91. The highest BCUT2D eigenvalue weighted by atomic mass is 32.1. The molecule has 0 fully saturated rings. The monoisotopic (exact) mass is 210 g/mol. The fourth-order valence-electron chi connectivity index (χ4n) is 1.09. The second-order valence-electron chi connectivity index (χ2n) is 2.59. The molecule has 0 aliphatic heterocycles. The molecule has 72 valence electrons. The van der Waals surface area contributed by atoms with Crippen LogP contribution >= 0.6 is 11.3 Å². The molecule has 2 aromatic rings. The average molecular weight is 210 g/mol. The summed E-state index contributed by atoms with van der Waals surface area (Å²) in [6, 6.07) is 4.55. The van der Waals surface area contributed by atoms with E-state index in [4.69, 9.17) is 4.74 Å². The Morgan fingerprint density at radius 3 is 3.00 bits per heavy atom. The minimum atomic E-state index is -0.425. The molecule has 14 heavy (non-hydrogen) atoms. The van der Waals surface area contributed by atoms with Gasteiger partial charge in [0.1, 0.15) is 0 Å². The van der Waals surface area contributed by atoms with Gasteiger partial charge < -0.3 is 4.74 Å². The first-order valence-corrected chi connectivity index (χ1v) is 4.61. The molecule has 1 aromatic carbocycles. The van der Waals surface area contributed by atoms with E-state index in [-0.39, 0.29) is 5.69 Å². The molecule has 1 heterocycles. The molecule has 0 saturated heterocycles. The van der Waals surface area contributed by atoms with Crippen LogP contribution in [0.15, 0.2) is 18.2 Å². The Morgan fingerprint density at radius 2 is 2.36 bits per heavy atom. The Labute approximate surface area is 83.1 Å². The van der Waals surface area contributed by atoms with Crippen molar-refractivity contribution in [2.75, 3.05) is 7.11 Å². The summed E-state index contributed by atoms with van der Waals surface area (Å²) >= 11 is 1.29. The molecule has 0 bridgehead atoms. The highest BCUT2D eigenvalue weighted by molar-refractivity contribution is 7.20. The number of rotatable bonds is 2. The minimum Gasteiger partial charge on any atom is -0.473 e. The van der Waals surface area contributed by atoms with Gasteiger partial charge in [0, 0.05) is 12.1 Å². The van der Waals surface area contributed by atoms with Crippen LogP contribution in [0, 0.1) is 10.1 Å². The van der Waals surface area contributed by atoms with Gasteiger partial charge in [-0.1, -0.05) is 11.3 Å². The Hall–Kier alpha value is -1.69. The van der Waals surface area contributed by atoms with Crippen LogP contribution < -0.4 is 4.74 Å². The first-order chi connectivity index (χ1) is 6.70. The van der Waals surface area contributed by atoms with Crippen LogP contribution in [-0.4, -0.2) is 17.0 Å². The van der Waals surface area contributed by atoms with Gasteiger partial charge in [-0.05, 0) is 6.07 Å². The van der Waals surface area contributed by atoms with E-state index in [0.29, 0.717) is 5.19 Å². The van der Waals surface area contributed by atoms with Crippen LogP contribution in [0.1, 0.15) is 0 Å². The molecule has 0 aliphatic carbocycles. The van der Waals surface area contributed by atoms with Gasteiger partial charge in [0.05, 0.1) is 22.2 Å². The first kappa shape index (κ1) is 8.89. The maximum absolute atomic E-state index is 10.5. The van der Waals surface area contributed by atoms with E-state index in [1.165, 1.54) is 30.6 Å². The summed E-state index contributed by atoms with van der Waals surface area (Å²) in [7, 11) is 1.52. The van der Waals surface area contributed by atoms with E-state index in [0.717, 1.165) is 10.2 Å². The van der Waals surface area contributed by atoms with Crippen molar-refractivity contribution in [3.05, 3.63) is 28.3 Å². The number of hydrogen-bond donors (Lipinski definition) is 0. The van der Waals surface area contributed by atoms with Crippen LogP contribution in [0.25, 0.3) is 10.2 Å². The number of methoxy groups -OCH3 is 1. The number of hydrogen-bond acceptors (Lipinski definition) is 5. The zero-order valence-electron chi connectivity index (χ0n) is 7.26. The highest BCUT2D eigenvalue weighted by Crippen LogP contribution is 2.29. The van der Waals surface area contributed by atoms with Crippen LogP contribution in [0.2, 0.25) is 0 Å². The van der Waals surface area contributed by atoms with Crippen LogP contribution in [0.4, 0.5) is 5.69 Å². The summed E-state index contributed by atoms with van der Waals surface area (Å²) in [4.78, 5) is 14.2. The quantitative estimate of drug-likeness (QED) is 0.563. The van der Waals surface area contributed by atoms with Crippen molar-refractivity contribution in [3.8, 4) is 5.19 Å². The maximum atomic E-state index is 10.5. The number of thiazole rings is 1. The van der Waals surface area contributed by atoms with E-state index in [1.807, 2.05) is 0 Å². The van der Waals surface area contributed by atoms with E-state index in [2.05, 4.69) is 4.98 Å². The summed E-state index contributed by atoms with van der Waals surface area (Å²) in [5, 5.41) is 11.0. The standard InChI is InChI=1S/C8H6N2O3S/c1-13-8-9-6-3-2-5(10(11)12)4-7(6)14-8/h2-4H,1H3. The molecule has 0 atom stereocenters.